The Bertz CT molecular complexity index is 878. The lowest BCUT2D eigenvalue weighted by molar-refractivity contribution is 0.102. The maximum Gasteiger partial charge on any atom is 0.258 e. The molecule has 0 atom stereocenters. The number of aromatic hydroxyl groups is 1. The van der Waals surface area contributed by atoms with Gasteiger partial charge in [-0.05, 0) is 47.7 Å². The summed E-state index contributed by atoms with van der Waals surface area (Å²) in [4.78, 5) is 12.1. The highest BCUT2D eigenvalue weighted by molar-refractivity contribution is 6.04. The lowest BCUT2D eigenvalue weighted by Crippen LogP contribution is -2.14. The van der Waals surface area contributed by atoms with Gasteiger partial charge in [0.15, 0.2) is 5.82 Å². The van der Waals surface area contributed by atoms with E-state index in [1.165, 1.54) is 16.8 Å². The minimum absolute atomic E-state index is 0.160. The number of benzene rings is 2. The Hall–Kier alpha value is -3.29. The molecular weight excluding hydrogens is 301 g/mol. The summed E-state index contributed by atoms with van der Waals surface area (Å²) in [7, 11) is 0. The Balaban J connectivity index is 1.86. The van der Waals surface area contributed by atoms with Gasteiger partial charge in [-0.3, -0.25) is 4.79 Å². The molecule has 0 fully saturated rings. The molecule has 0 saturated heterocycles. The van der Waals surface area contributed by atoms with Crippen molar-refractivity contribution >= 4 is 11.6 Å². The number of carbonyl (C=O) groups excluding carboxylic acids is 1. The van der Waals surface area contributed by atoms with Gasteiger partial charge in [0, 0.05) is 11.8 Å². The molecule has 0 saturated carbocycles. The molecule has 0 unspecified atom stereocenters. The average Bonchev–Trinajstić information content (AvgIpc) is 2.93. The first kappa shape index (κ1) is 14.6. The summed E-state index contributed by atoms with van der Waals surface area (Å²) in [5.74, 6) is -1.06. The van der Waals surface area contributed by atoms with Crippen LogP contribution in [-0.4, -0.2) is 31.2 Å². The van der Waals surface area contributed by atoms with Crippen molar-refractivity contribution in [2.24, 2.45) is 0 Å². The maximum atomic E-state index is 13.7. The van der Waals surface area contributed by atoms with Crippen LogP contribution in [0.5, 0.6) is 5.75 Å². The molecule has 23 heavy (non-hydrogen) atoms. The third-order valence-corrected chi connectivity index (χ3v) is 3.17. The van der Waals surface area contributed by atoms with Crippen LogP contribution in [0.25, 0.3) is 5.69 Å². The van der Waals surface area contributed by atoms with Crippen LogP contribution in [0, 0.1) is 12.7 Å². The highest BCUT2D eigenvalue weighted by atomic mass is 19.1. The molecule has 116 valence electrons. The smallest absolute Gasteiger partial charge is 0.258 e. The van der Waals surface area contributed by atoms with E-state index in [1.54, 1.807) is 31.2 Å². The second-order valence-corrected chi connectivity index (χ2v) is 4.81. The maximum absolute atomic E-state index is 13.7. The van der Waals surface area contributed by atoms with Gasteiger partial charge in [-0.1, -0.05) is 6.07 Å². The van der Waals surface area contributed by atoms with Crippen LogP contribution in [0.3, 0.4) is 0 Å². The molecule has 0 aliphatic rings. The highest BCUT2D eigenvalue weighted by Gasteiger charge is 2.13. The fraction of sp³-hybridized carbons (Fsp3) is 0.0667. The van der Waals surface area contributed by atoms with Crippen molar-refractivity contribution in [3.8, 4) is 11.4 Å². The zero-order chi connectivity index (χ0) is 16.4. The van der Waals surface area contributed by atoms with Crippen molar-refractivity contribution < 1.29 is 14.3 Å². The van der Waals surface area contributed by atoms with E-state index >= 15 is 0 Å². The first-order chi connectivity index (χ1) is 11.0. The molecule has 0 aliphatic carbocycles. The number of tetrazole rings is 1. The fourth-order valence-corrected chi connectivity index (χ4v) is 2.07. The normalized spacial score (nSPS) is 10.5. The van der Waals surface area contributed by atoms with Crippen LogP contribution >= 0.6 is 0 Å². The molecule has 0 bridgehead atoms. The van der Waals surface area contributed by atoms with Crippen LogP contribution < -0.4 is 5.32 Å². The van der Waals surface area contributed by atoms with Crippen molar-refractivity contribution in [2.45, 2.75) is 6.92 Å². The largest absolute Gasteiger partial charge is 0.508 e. The van der Waals surface area contributed by atoms with E-state index < -0.39 is 11.7 Å². The van der Waals surface area contributed by atoms with E-state index in [9.17, 15) is 14.3 Å². The molecule has 1 amide bonds. The predicted octanol–water partition coefficient (Wildman–Crippen LogP) is 2.07. The summed E-state index contributed by atoms with van der Waals surface area (Å²) in [5, 5.41) is 23.0. The van der Waals surface area contributed by atoms with Gasteiger partial charge in [0.2, 0.25) is 0 Å². The topological polar surface area (TPSA) is 92.9 Å². The van der Waals surface area contributed by atoms with E-state index in [0.29, 0.717) is 17.2 Å². The highest BCUT2D eigenvalue weighted by Crippen LogP contribution is 2.18. The van der Waals surface area contributed by atoms with Gasteiger partial charge in [0.25, 0.3) is 5.91 Å². The van der Waals surface area contributed by atoms with E-state index in [1.807, 2.05) is 0 Å². The van der Waals surface area contributed by atoms with Crippen LogP contribution in [0.2, 0.25) is 0 Å². The molecule has 1 heterocycles. The van der Waals surface area contributed by atoms with Gasteiger partial charge in [0.1, 0.15) is 11.6 Å². The van der Waals surface area contributed by atoms with E-state index in [2.05, 4.69) is 20.8 Å². The molecule has 8 heteroatoms. The summed E-state index contributed by atoms with van der Waals surface area (Å²) in [6.45, 7) is 1.75. The second-order valence-electron chi connectivity index (χ2n) is 4.81. The van der Waals surface area contributed by atoms with Crippen molar-refractivity contribution in [1.82, 2.24) is 20.2 Å². The molecule has 7 nitrogen and oxygen atoms in total. The van der Waals surface area contributed by atoms with Crippen molar-refractivity contribution in [1.29, 1.82) is 0 Å². The number of amides is 1. The van der Waals surface area contributed by atoms with Gasteiger partial charge < -0.3 is 10.4 Å². The molecule has 1 aromatic heterocycles. The molecule has 0 aliphatic heterocycles. The van der Waals surface area contributed by atoms with Gasteiger partial charge in [-0.2, -0.15) is 4.68 Å². The summed E-state index contributed by atoms with van der Waals surface area (Å²) in [6, 6.07) is 10.2. The Morgan fingerprint density at radius 2 is 2.09 bits per heavy atom. The third-order valence-electron chi connectivity index (χ3n) is 3.17. The summed E-state index contributed by atoms with van der Waals surface area (Å²) in [6.07, 6.45) is 0. The minimum Gasteiger partial charge on any atom is -0.508 e. The molecular formula is C15H12FN5O2. The number of aromatic nitrogens is 4. The van der Waals surface area contributed by atoms with E-state index in [-0.39, 0.29) is 11.3 Å². The third kappa shape index (κ3) is 3.00. The fourth-order valence-electron chi connectivity index (χ4n) is 2.07. The predicted molar refractivity (Wildman–Crippen MR) is 79.9 cm³/mol. The van der Waals surface area contributed by atoms with Crippen LogP contribution in [0.4, 0.5) is 10.1 Å². The second kappa shape index (κ2) is 5.84. The van der Waals surface area contributed by atoms with Gasteiger partial charge in [-0.25, -0.2) is 4.39 Å². The number of nitrogens with one attached hydrogen (secondary N) is 1. The number of rotatable bonds is 3. The molecule has 2 N–H and O–H groups in total. The SMILES string of the molecule is Cc1nnnn1-c1cccc(NC(=O)c2ccc(O)cc2F)c1. The zero-order valence-corrected chi connectivity index (χ0v) is 12.1. The first-order valence-corrected chi connectivity index (χ1v) is 6.70. The molecule has 3 rings (SSSR count). The number of nitrogens with zero attached hydrogens (tertiary/aromatic N) is 4. The Kier molecular flexibility index (Phi) is 3.71. The average molecular weight is 313 g/mol. The standard InChI is InChI=1S/C15H12FN5O2/c1-9-18-19-20-21(9)11-4-2-3-10(7-11)17-15(23)13-6-5-12(22)8-14(13)16/h2-8,22H,1H3,(H,17,23). The van der Waals surface area contributed by atoms with E-state index in [4.69, 9.17) is 0 Å². The Morgan fingerprint density at radius 1 is 1.26 bits per heavy atom. The number of hydrogen-bond acceptors (Lipinski definition) is 5. The van der Waals surface area contributed by atoms with Crippen LogP contribution in [-0.2, 0) is 0 Å². The van der Waals surface area contributed by atoms with Crippen LogP contribution in [0.15, 0.2) is 42.5 Å². The summed E-state index contributed by atoms with van der Waals surface area (Å²) >= 11 is 0. The number of anilines is 1. The zero-order valence-electron chi connectivity index (χ0n) is 12.1. The van der Waals surface area contributed by atoms with Crippen molar-refractivity contribution in [3.63, 3.8) is 0 Å². The quantitative estimate of drug-likeness (QED) is 0.772. The number of carbonyl (C=O) groups is 1. The minimum atomic E-state index is -0.796. The lowest BCUT2D eigenvalue weighted by Gasteiger charge is -2.08. The number of phenolic OH excluding ortho intramolecular Hbond substituents is 1. The number of aryl methyl sites for hydroxylation is 1. The van der Waals surface area contributed by atoms with Crippen LogP contribution in [0.1, 0.15) is 16.2 Å². The Morgan fingerprint density at radius 3 is 2.78 bits per heavy atom. The molecule has 2 aromatic carbocycles. The number of phenols is 1. The molecule has 3 aromatic rings. The molecule has 0 spiro atoms. The monoisotopic (exact) mass is 313 g/mol. The van der Waals surface area contributed by atoms with Crippen molar-refractivity contribution in [2.75, 3.05) is 5.32 Å². The summed E-state index contributed by atoms with van der Waals surface area (Å²) in [5.41, 5.74) is 0.971. The molecule has 0 radical (unpaired) electrons. The lowest BCUT2D eigenvalue weighted by atomic mass is 10.2. The van der Waals surface area contributed by atoms with Gasteiger partial charge in [0.05, 0.1) is 11.3 Å². The Labute approximate surface area is 130 Å². The first-order valence-electron chi connectivity index (χ1n) is 6.70. The van der Waals surface area contributed by atoms with Crippen molar-refractivity contribution in [3.05, 3.63) is 59.7 Å². The summed E-state index contributed by atoms with van der Waals surface area (Å²) < 4.78 is 15.2. The van der Waals surface area contributed by atoms with Gasteiger partial charge >= 0.3 is 0 Å². The van der Waals surface area contributed by atoms with Gasteiger partial charge in [-0.15, -0.1) is 5.10 Å². The number of hydrogen-bond donors (Lipinski definition) is 2. The van der Waals surface area contributed by atoms with E-state index in [0.717, 1.165) is 6.07 Å². The number of halogens is 1.